The molecule has 1 heterocycles. The van der Waals surface area contributed by atoms with Crippen molar-refractivity contribution in [3.8, 4) is 0 Å². The van der Waals surface area contributed by atoms with E-state index in [2.05, 4.69) is 23.4 Å². The van der Waals surface area contributed by atoms with E-state index in [1.165, 1.54) is 0 Å². The van der Waals surface area contributed by atoms with Gasteiger partial charge in [-0.05, 0) is 38.0 Å². The molecule has 0 spiro atoms. The molecule has 1 atom stereocenters. The third-order valence-electron chi connectivity index (χ3n) is 4.66. The van der Waals surface area contributed by atoms with Crippen LogP contribution in [0.1, 0.15) is 39.0 Å². The standard InChI is InChI=1S/C16H28N2O2S/c1-16(9-5-4-6-10-16)15(19)18-11-7-14(8-12-18)13-17-21(2,3)20/h4-5,14H,6-13H2,1-3H3. The van der Waals surface area contributed by atoms with Crippen molar-refractivity contribution in [2.24, 2.45) is 15.7 Å². The number of hydrogen-bond donors (Lipinski definition) is 0. The Bertz CT molecular complexity index is 518. The van der Waals surface area contributed by atoms with Crippen LogP contribution in [0.3, 0.4) is 0 Å². The van der Waals surface area contributed by atoms with Gasteiger partial charge in [-0.25, -0.2) is 4.36 Å². The minimum absolute atomic E-state index is 0.201. The second-order valence-electron chi connectivity index (χ2n) is 7.00. The third-order valence-corrected chi connectivity index (χ3v) is 5.43. The highest BCUT2D eigenvalue weighted by atomic mass is 32.2. The van der Waals surface area contributed by atoms with Crippen molar-refractivity contribution in [3.63, 3.8) is 0 Å². The normalized spacial score (nSPS) is 27.7. The molecule has 0 aromatic rings. The Morgan fingerprint density at radius 1 is 1.33 bits per heavy atom. The maximum Gasteiger partial charge on any atom is 0.228 e. The zero-order chi connectivity index (χ0) is 15.5. The first-order valence-electron chi connectivity index (χ1n) is 7.87. The van der Waals surface area contributed by atoms with E-state index in [1.807, 2.05) is 4.90 Å². The van der Waals surface area contributed by atoms with Crippen LogP contribution >= 0.6 is 0 Å². The summed E-state index contributed by atoms with van der Waals surface area (Å²) in [6.07, 6.45) is 12.5. The highest BCUT2D eigenvalue weighted by Crippen LogP contribution is 2.35. The van der Waals surface area contributed by atoms with Gasteiger partial charge in [0.2, 0.25) is 5.91 Å². The molecule has 1 fully saturated rings. The first-order chi connectivity index (χ1) is 9.80. The average Bonchev–Trinajstić information content (AvgIpc) is 2.45. The zero-order valence-corrected chi connectivity index (χ0v) is 14.3. The van der Waals surface area contributed by atoms with Crippen LogP contribution in [0.2, 0.25) is 0 Å². The minimum Gasteiger partial charge on any atom is -0.342 e. The molecule has 1 saturated heterocycles. The minimum atomic E-state index is -1.99. The Labute approximate surface area is 129 Å². The molecule has 2 aliphatic rings. The summed E-state index contributed by atoms with van der Waals surface area (Å²) in [6, 6.07) is 0. The summed E-state index contributed by atoms with van der Waals surface area (Å²) in [5.41, 5.74) is -0.201. The molecule has 1 amide bonds. The lowest BCUT2D eigenvalue weighted by molar-refractivity contribution is -0.143. The Morgan fingerprint density at radius 2 is 2.00 bits per heavy atom. The first kappa shape index (κ1) is 16.5. The van der Waals surface area contributed by atoms with Gasteiger partial charge in [-0.3, -0.25) is 9.00 Å². The third kappa shape index (κ3) is 4.56. The van der Waals surface area contributed by atoms with Crippen molar-refractivity contribution in [1.29, 1.82) is 0 Å². The predicted octanol–water partition coefficient (Wildman–Crippen LogP) is 2.70. The van der Waals surface area contributed by atoms with Gasteiger partial charge < -0.3 is 4.90 Å². The summed E-state index contributed by atoms with van der Waals surface area (Å²) in [5, 5.41) is 0. The van der Waals surface area contributed by atoms with Crippen LogP contribution in [-0.4, -0.2) is 47.2 Å². The molecule has 1 aliphatic carbocycles. The van der Waals surface area contributed by atoms with Gasteiger partial charge in [0.1, 0.15) is 0 Å². The molecule has 1 aliphatic heterocycles. The maximum absolute atomic E-state index is 12.7. The van der Waals surface area contributed by atoms with Gasteiger partial charge in [0.25, 0.3) is 0 Å². The second kappa shape index (κ2) is 6.51. The van der Waals surface area contributed by atoms with E-state index in [0.717, 1.165) is 45.2 Å². The van der Waals surface area contributed by atoms with E-state index in [4.69, 9.17) is 0 Å². The molecule has 21 heavy (non-hydrogen) atoms. The molecular weight excluding hydrogens is 284 g/mol. The monoisotopic (exact) mass is 312 g/mol. The molecule has 0 N–H and O–H groups in total. The van der Waals surface area contributed by atoms with Gasteiger partial charge in [-0.2, -0.15) is 0 Å². The van der Waals surface area contributed by atoms with Crippen LogP contribution in [0, 0.1) is 11.3 Å². The van der Waals surface area contributed by atoms with E-state index in [-0.39, 0.29) is 5.41 Å². The zero-order valence-electron chi connectivity index (χ0n) is 13.5. The number of carbonyl (C=O) groups is 1. The van der Waals surface area contributed by atoms with Gasteiger partial charge in [-0.15, -0.1) is 0 Å². The molecule has 4 nitrogen and oxygen atoms in total. The lowest BCUT2D eigenvalue weighted by Gasteiger charge is -2.39. The van der Waals surface area contributed by atoms with Crippen LogP contribution in [0.15, 0.2) is 16.5 Å². The van der Waals surface area contributed by atoms with E-state index in [0.29, 0.717) is 18.4 Å². The largest absolute Gasteiger partial charge is 0.342 e. The molecule has 0 bridgehead atoms. The van der Waals surface area contributed by atoms with Crippen molar-refractivity contribution in [2.45, 2.75) is 39.0 Å². The Kier molecular flexibility index (Phi) is 5.12. The highest BCUT2D eigenvalue weighted by Gasteiger charge is 2.37. The van der Waals surface area contributed by atoms with Crippen LogP contribution in [-0.2, 0) is 14.5 Å². The number of piperidine rings is 1. The van der Waals surface area contributed by atoms with Crippen molar-refractivity contribution in [1.82, 2.24) is 4.90 Å². The summed E-state index contributed by atoms with van der Waals surface area (Å²) in [4.78, 5) is 14.8. The van der Waals surface area contributed by atoms with Crippen molar-refractivity contribution >= 4 is 15.6 Å². The van der Waals surface area contributed by atoms with Crippen LogP contribution < -0.4 is 0 Å². The fourth-order valence-corrected chi connectivity index (χ4v) is 3.71. The van der Waals surface area contributed by atoms with Crippen LogP contribution in [0.25, 0.3) is 0 Å². The molecule has 120 valence electrons. The SMILES string of the molecule is CC1(C(=O)N2CCC(CN=S(C)(C)=O)CC2)CC=CCC1. The number of likely N-dealkylation sites (tertiary alicyclic amines) is 1. The maximum atomic E-state index is 12.7. The fourth-order valence-electron chi connectivity index (χ4n) is 3.14. The quantitative estimate of drug-likeness (QED) is 0.752. The van der Waals surface area contributed by atoms with Gasteiger partial charge in [0.05, 0.1) is 12.0 Å². The molecule has 0 radical (unpaired) electrons. The molecule has 2 rings (SSSR count). The number of rotatable bonds is 3. The van der Waals surface area contributed by atoms with Gasteiger partial charge >= 0.3 is 0 Å². The average molecular weight is 312 g/mol. The number of nitrogens with zero attached hydrogens (tertiary/aromatic N) is 2. The van der Waals surface area contributed by atoms with Crippen LogP contribution in [0.4, 0.5) is 0 Å². The fraction of sp³-hybridized carbons (Fsp3) is 0.812. The van der Waals surface area contributed by atoms with E-state index in [9.17, 15) is 9.00 Å². The van der Waals surface area contributed by atoms with Gasteiger partial charge in [0.15, 0.2) is 0 Å². The van der Waals surface area contributed by atoms with E-state index >= 15 is 0 Å². The van der Waals surface area contributed by atoms with Crippen molar-refractivity contribution < 1.29 is 9.00 Å². The molecule has 0 aromatic carbocycles. The van der Waals surface area contributed by atoms with Crippen molar-refractivity contribution in [2.75, 3.05) is 32.1 Å². The number of hydrogen-bond acceptors (Lipinski definition) is 3. The summed E-state index contributed by atoms with van der Waals surface area (Å²) < 4.78 is 15.9. The van der Waals surface area contributed by atoms with E-state index < -0.39 is 9.73 Å². The van der Waals surface area contributed by atoms with Crippen LogP contribution in [0.5, 0.6) is 0 Å². The molecule has 0 saturated carbocycles. The summed E-state index contributed by atoms with van der Waals surface area (Å²) in [7, 11) is -1.99. The Balaban J connectivity index is 1.88. The predicted molar refractivity (Wildman–Crippen MR) is 87.7 cm³/mol. The first-order valence-corrected chi connectivity index (χ1v) is 10.2. The Morgan fingerprint density at radius 3 is 2.52 bits per heavy atom. The molecule has 5 heteroatoms. The number of carbonyl (C=O) groups excluding carboxylic acids is 1. The van der Waals surface area contributed by atoms with E-state index in [1.54, 1.807) is 12.5 Å². The van der Waals surface area contributed by atoms with Gasteiger partial charge in [-0.1, -0.05) is 19.1 Å². The van der Waals surface area contributed by atoms with Crippen molar-refractivity contribution in [3.05, 3.63) is 12.2 Å². The smallest absolute Gasteiger partial charge is 0.228 e. The summed E-state index contributed by atoms with van der Waals surface area (Å²) in [6.45, 7) is 4.43. The molecule has 0 aromatic heterocycles. The van der Waals surface area contributed by atoms with Gasteiger partial charge in [0, 0.05) is 35.3 Å². The Hall–Kier alpha value is -0.840. The lowest BCUT2D eigenvalue weighted by atomic mass is 9.77. The second-order valence-corrected chi connectivity index (χ2v) is 9.62. The molecular formula is C16H28N2O2S. The highest BCUT2D eigenvalue weighted by molar-refractivity contribution is 7.92. The number of allylic oxidation sites excluding steroid dienone is 2. The topological polar surface area (TPSA) is 49.7 Å². The number of amides is 1. The lowest BCUT2D eigenvalue weighted by Crippen LogP contribution is -2.46. The summed E-state index contributed by atoms with van der Waals surface area (Å²) in [5.74, 6) is 0.797. The summed E-state index contributed by atoms with van der Waals surface area (Å²) >= 11 is 0. The molecule has 1 unspecified atom stereocenters.